The minimum atomic E-state index is -0.620. The van der Waals surface area contributed by atoms with Crippen molar-refractivity contribution in [3.05, 3.63) is 104 Å². The fourth-order valence-corrected chi connectivity index (χ4v) is 3.29. The van der Waals surface area contributed by atoms with E-state index in [1.807, 2.05) is 31.2 Å². The van der Waals surface area contributed by atoms with Crippen LogP contribution in [0.4, 0.5) is 0 Å². The number of ether oxygens (including phenoxy) is 2. The summed E-state index contributed by atoms with van der Waals surface area (Å²) in [5.74, 6) is 0.997. The predicted octanol–water partition coefficient (Wildman–Crippen LogP) is 3.47. The van der Waals surface area contributed by atoms with Crippen molar-refractivity contribution in [1.82, 2.24) is 9.66 Å². The minimum Gasteiger partial charge on any atom is -0.493 e. The van der Waals surface area contributed by atoms with Crippen LogP contribution in [0, 0.1) is 6.92 Å². The van der Waals surface area contributed by atoms with Crippen molar-refractivity contribution in [1.29, 1.82) is 0 Å². The molecule has 3 aromatic carbocycles. The molecular weight excluding hydrogens is 394 g/mol. The normalized spacial score (nSPS) is 11.2. The summed E-state index contributed by atoms with van der Waals surface area (Å²) in [5, 5.41) is 4.51. The predicted molar refractivity (Wildman–Crippen MR) is 120 cm³/mol. The molecule has 0 spiro atoms. The molecule has 156 valence electrons. The van der Waals surface area contributed by atoms with Crippen LogP contribution < -0.4 is 20.7 Å². The average Bonchev–Trinajstić information content (AvgIpc) is 2.77. The van der Waals surface area contributed by atoms with Crippen molar-refractivity contribution in [2.45, 2.75) is 13.5 Å². The standard InChI is InChI=1S/C24H21N3O4/c1-16-7-5-8-17(13-16)15-31-22-18(9-6-12-21(22)30-2)14-25-27-23(28)19-10-3-4-11-20(19)26-24(27)29/h3-14H,15H2,1-2H3,(H,26,29). The van der Waals surface area contributed by atoms with Crippen LogP contribution in [0.25, 0.3) is 10.9 Å². The van der Waals surface area contributed by atoms with Crippen LogP contribution in [0.1, 0.15) is 16.7 Å². The third-order valence-corrected chi connectivity index (χ3v) is 4.79. The van der Waals surface area contributed by atoms with Crippen LogP contribution in [-0.4, -0.2) is 23.0 Å². The Morgan fingerprint density at radius 2 is 1.84 bits per heavy atom. The number of aromatic nitrogens is 2. The molecule has 0 atom stereocenters. The summed E-state index contributed by atoms with van der Waals surface area (Å²) in [4.78, 5) is 27.7. The molecule has 0 bridgehead atoms. The maximum Gasteiger partial charge on any atom is 0.349 e. The summed E-state index contributed by atoms with van der Waals surface area (Å²) in [5.41, 5.74) is 2.07. The second-order valence-corrected chi connectivity index (χ2v) is 6.99. The van der Waals surface area contributed by atoms with Crippen molar-refractivity contribution >= 4 is 17.1 Å². The second kappa shape index (κ2) is 8.71. The van der Waals surface area contributed by atoms with E-state index in [-0.39, 0.29) is 0 Å². The molecule has 1 N–H and O–H groups in total. The molecule has 0 amide bonds. The van der Waals surface area contributed by atoms with Crippen LogP contribution >= 0.6 is 0 Å². The van der Waals surface area contributed by atoms with Crippen molar-refractivity contribution in [3.8, 4) is 11.5 Å². The summed E-state index contributed by atoms with van der Waals surface area (Å²) < 4.78 is 12.3. The number of benzene rings is 3. The number of aryl methyl sites for hydroxylation is 1. The Morgan fingerprint density at radius 1 is 1.03 bits per heavy atom. The number of hydrogen-bond donors (Lipinski definition) is 1. The van der Waals surface area contributed by atoms with Crippen LogP contribution in [0.5, 0.6) is 11.5 Å². The van der Waals surface area contributed by atoms with Gasteiger partial charge in [0.05, 0.1) is 24.2 Å². The molecule has 0 saturated heterocycles. The van der Waals surface area contributed by atoms with Gasteiger partial charge in [0, 0.05) is 5.56 Å². The van der Waals surface area contributed by atoms with Crippen LogP contribution in [0.3, 0.4) is 0 Å². The third-order valence-electron chi connectivity index (χ3n) is 4.79. The van der Waals surface area contributed by atoms with Gasteiger partial charge in [-0.1, -0.05) is 48.0 Å². The molecule has 7 nitrogen and oxygen atoms in total. The van der Waals surface area contributed by atoms with Crippen molar-refractivity contribution in [2.75, 3.05) is 7.11 Å². The number of para-hydroxylation sites is 2. The zero-order valence-electron chi connectivity index (χ0n) is 17.2. The zero-order chi connectivity index (χ0) is 21.8. The van der Waals surface area contributed by atoms with Crippen molar-refractivity contribution in [3.63, 3.8) is 0 Å². The van der Waals surface area contributed by atoms with Crippen molar-refractivity contribution < 1.29 is 9.47 Å². The Labute approximate surface area is 178 Å². The molecule has 0 aliphatic heterocycles. The Bertz CT molecular complexity index is 1390. The van der Waals surface area contributed by atoms with Crippen LogP contribution in [0.15, 0.2) is 81.4 Å². The van der Waals surface area contributed by atoms with E-state index < -0.39 is 11.2 Å². The smallest absolute Gasteiger partial charge is 0.349 e. The number of methoxy groups -OCH3 is 1. The molecule has 1 heterocycles. The van der Waals surface area contributed by atoms with E-state index in [0.29, 0.717) is 34.6 Å². The first-order valence-corrected chi connectivity index (χ1v) is 9.70. The average molecular weight is 415 g/mol. The maximum atomic E-state index is 12.7. The van der Waals surface area contributed by atoms with Crippen LogP contribution in [-0.2, 0) is 6.61 Å². The lowest BCUT2D eigenvalue weighted by atomic mass is 10.1. The van der Waals surface area contributed by atoms with Gasteiger partial charge in [-0.25, -0.2) is 4.79 Å². The topological polar surface area (TPSA) is 85.7 Å². The molecule has 4 aromatic rings. The summed E-state index contributed by atoms with van der Waals surface area (Å²) >= 11 is 0. The SMILES string of the molecule is COc1cccc(C=Nn2c(=O)[nH]c3ccccc3c2=O)c1OCc1cccc(C)c1. The van der Waals surface area contributed by atoms with Crippen LogP contribution in [0.2, 0.25) is 0 Å². The first-order valence-electron chi connectivity index (χ1n) is 9.70. The number of nitrogens with zero attached hydrogens (tertiary/aromatic N) is 2. The monoisotopic (exact) mass is 415 g/mol. The van der Waals surface area contributed by atoms with Gasteiger partial charge in [0.15, 0.2) is 11.5 Å². The van der Waals surface area contributed by atoms with E-state index >= 15 is 0 Å². The van der Waals surface area contributed by atoms with Gasteiger partial charge < -0.3 is 14.5 Å². The summed E-state index contributed by atoms with van der Waals surface area (Å²) in [7, 11) is 1.55. The van der Waals surface area contributed by atoms with Gasteiger partial charge in [0.2, 0.25) is 0 Å². The largest absolute Gasteiger partial charge is 0.493 e. The fraction of sp³-hybridized carbons (Fsp3) is 0.125. The number of H-pyrrole nitrogens is 1. The second-order valence-electron chi connectivity index (χ2n) is 6.99. The molecule has 0 aliphatic rings. The van der Waals surface area contributed by atoms with Gasteiger partial charge in [-0.15, -0.1) is 4.68 Å². The molecule has 4 rings (SSSR count). The summed E-state index contributed by atoms with van der Waals surface area (Å²) in [6.07, 6.45) is 1.42. The molecule has 7 heteroatoms. The van der Waals surface area contributed by atoms with E-state index in [1.54, 1.807) is 49.6 Å². The molecule has 1 aromatic heterocycles. The zero-order valence-corrected chi connectivity index (χ0v) is 17.2. The molecule has 0 unspecified atom stereocenters. The highest BCUT2D eigenvalue weighted by molar-refractivity contribution is 5.85. The first-order chi connectivity index (χ1) is 15.1. The lowest BCUT2D eigenvalue weighted by molar-refractivity contribution is 0.284. The van der Waals surface area contributed by atoms with Gasteiger partial charge >= 0.3 is 5.69 Å². The summed E-state index contributed by atoms with van der Waals surface area (Å²) in [6, 6.07) is 20.1. The number of aromatic amines is 1. The quantitative estimate of drug-likeness (QED) is 0.489. The molecule has 0 aliphatic carbocycles. The van der Waals surface area contributed by atoms with Gasteiger partial charge in [0.1, 0.15) is 6.61 Å². The Kier molecular flexibility index (Phi) is 5.66. The fourth-order valence-electron chi connectivity index (χ4n) is 3.29. The molecule has 0 saturated carbocycles. The van der Waals surface area contributed by atoms with Gasteiger partial charge in [0.25, 0.3) is 5.56 Å². The third kappa shape index (κ3) is 4.25. The van der Waals surface area contributed by atoms with E-state index in [1.165, 1.54) is 6.21 Å². The first kappa shape index (κ1) is 20.2. The Morgan fingerprint density at radius 3 is 2.65 bits per heavy atom. The van der Waals surface area contributed by atoms with Gasteiger partial charge in [-0.3, -0.25) is 4.79 Å². The molecule has 0 fully saturated rings. The van der Waals surface area contributed by atoms with E-state index in [4.69, 9.17) is 9.47 Å². The lowest BCUT2D eigenvalue weighted by Gasteiger charge is -2.13. The highest BCUT2D eigenvalue weighted by Gasteiger charge is 2.11. The highest BCUT2D eigenvalue weighted by Crippen LogP contribution is 2.31. The van der Waals surface area contributed by atoms with Crippen molar-refractivity contribution in [2.24, 2.45) is 5.10 Å². The van der Waals surface area contributed by atoms with Gasteiger partial charge in [-0.2, -0.15) is 5.10 Å². The lowest BCUT2D eigenvalue weighted by Crippen LogP contribution is -2.32. The summed E-state index contributed by atoms with van der Waals surface area (Å²) in [6.45, 7) is 2.35. The number of rotatable bonds is 6. The van der Waals surface area contributed by atoms with Gasteiger partial charge in [-0.05, 0) is 36.8 Å². The Balaban J connectivity index is 1.70. The minimum absolute atomic E-state index is 0.333. The van der Waals surface area contributed by atoms with E-state index in [2.05, 4.69) is 10.1 Å². The highest BCUT2D eigenvalue weighted by atomic mass is 16.5. The molecule has 31 heavy (non-hydrogen) atoms. The Hall–Kier alpha value is -4.13. The van der Waals surface area contributed by atoms with E-state index in [9.17, 15) is 9.59 Å². The van der Waals surface area contributed by atoms with E-state index in [0.717, 1.165) is 15.8 Å². The number of nitrogens with one attached hydrogen (secondary N) is 1. The maximum absolute atomic E-state index is 12.7. The number of fused-ring (bicyclic) bond motifs is 1. The molecular formula is C24H21N3O4. The number of hydrogen-bond acceptors (Lipinski definition) is 5. The molecule has 0 radical (unpaired) electrons.